The van der Waals surface area contributed by atoms with Crippen LogP contribution in [-0.2, 0) is 9.53 Å². The Kier molecular flexibility index (Phi) is 6.56. The van der Waals surface area contributed by atoms with Crippen LogP contribution in [-0.4, -0.2) is 43.3 Å². The minimum Gasteiger partial charge on any atom is -0.496 e. The molecule has 0 aliphatic carbocycles. The second-order valence-corrected chi connectivity index (χ2v) is 6.09. The predicted molar refractivity (Wildman–Crippen MR) is 97.2 cm³/mol. The first-order valence-electron chi connectivity index (χ1n) is 7.44. The van der Waals surface area contributed by atoms with E-state index in [1.54, 1.807) is 7.11 Å². The second kappa shape index (κ2) is 8.43. The van der Waals surface area contributed by atoms with E-state index in [9.17, 15) is 4.79 Å². The molecule has 2 atom stereocenters. The highest BCUT2D eigenvalue weighted by Crippen LogP contribution is 2.31. The number of carbonyl (C=O) groups is 1. The third-order valence-electron chi connectivity index (χ3n) is 3.72. The van der Waals surface area contributed by atoms with Crippen molar-refractivity contribution in [3.8, 4) is 17.0 Å². The molecule has 130 valence electrons. The van der Waals surface area contributed by atoms with E-state index in [2.05, 4.69) is 15.6 Å². The molecule has 0 saturated carbocycles. The Labute approximate surface area is 151 Å². The van der Waals surface area contributed by atoms with Gasteiger partial charge in [-0.2, -0.15) is 0 Å². The minimum absolute atomic E-state index is 0. The number of hydrogen-bond acceptors (Lipinski definition) is 6. The second-order valence-electron chi connectivity index (χ2n) is 5.24. The average molecular weight is 370 g/mol. The lowest BCUT2D eigenvalue weighted by Gasteiger charge is -2.28. The van der Waals surface area contributed by atoms with E-state index in [4.69, 9.17) is 9.47 Å². The van der Waals surface area contributed by atoms with E-state index in [-0.39, 0.29) is 30.5 Å². The van der Waals surface area contributed by atoms with Gasteiger partial charge < -0.3 is 20.1 Å². The van der Waals surface area contributed by atoms with Crippen LogP contribution in [0.15, 0.2) is 29.6 Å². The van der Waals surface area contributed by atoms with Gasteiger partial charge in [-0.05, 0) is 19.1 Å². The Hall–Kier alpha value is -1.67. The molecule has 0 spiro atoms. The van der Waals surface area contributed by atoms with Crippen LogP contribution in [0.25, 0.3) is 11.3 Å². The molecule has 8 heteroatoms. The number of rotatable bonds is 4. The molecule has 2 heterocycles. The SMILES string of the molecule is COc1ccccc1-c1csc(NC(=O)[C@H]2NCCO[C@@H]2C)n1.Cl. The van der Waals surface area contributed by atoms with Crippen LogP contribution >= 0.6 is 23.7 Å². The number of aromatic nitrogens is 1. The van der Waals surface area contributed by atoms with Crippen molar-refractivity contribution in [3.05, 3.63) is 29.6 Å². The topological polar surface area (TPSA) is 72.5 Å². The van der Waals surface area contributed by atoms with Crippen LogP contribution in [0.3, 0.4) is 0 Å². The molecule has 1 aliphatic rings. The van der Waals surface area contributed by atoms with Gasteiger partial charge >= 0.3 is 0 Å². The van der Waals surface area contributed by atoms with Gasteiger partial charge in [-0.15, -0.1) is 23.7 Å². The maximum atomic E-state index is 12.3. The van der Waals surface area contributed by atoms with Crippen LogP contribution in [0, 0.1) is 0 Å². The molecule has 1 saturated heterocycles. The van der Waals surface area contributed by atoms with Crippen molar-refractivity contribution < 1.29 is 14.3 Å². The summed E-state index contributed by atoms with van der Waals surface area (Å²) < 4.78 is 10.8. The number of benzene rings is 1. The van der Waals surface area contributed by atoms with Gasteiger partial charge in [0.05, 0.1) is 25.5 Å². The van der Waals surface area contributed by atoms with Gasteiger partial charge in [-0.1, -0.05) is 12.1 Å². The number of methoxy groups -OCH3 is 1. The maximum Gasteiger partial charge on any atom is 0.245 e. The molecule has 1 aromatic carbocycles. The zero-order valence-electron chi connectivity index (χ0n) is 13.4. The first-order valence-corrected chi connectivity index (χ1v) is 8.32. The van der Waals surface area contributed by atoms with Gasteiger partial charge in [-0.25, -0.2) is 4.98 Å². The lowest BCUT2D eigenvalue weighted by Crippen LogP contribution is -2.53. The number of morpholine rings is 1. The lowest BCUT2D eigenvalue weighted by molar-refractivity contribution is -0.123. The fourth-order valence-electron chi connectivity index (χ4n) is 2.52. The molecule has 1 aromatic heterocycles. The molecule has 0 unspecified atom stereocenters. The molecule has 0 radical (unpaired) electrons. The van der Waals surface area contributed by atoms with Gasteiger partial charge in [0.1, 0.15) is 11.8 Å². The molecule has 1 aliphatic heterocycles. The lowest BCUT2D eigenvalue weighted by atomic mass is 10.1. The van der Waals surface area contributed by atoms with Crippen molar-refractivity contribution in [2.45, 2.75) is 19.1 Å². The predicted octanol–water partition coefficient (Wildman–Crippen LogP) is 2.56. The highest BCUT2D eigenvalue weighted by Gasteiger charge is 2.28. The summed E-state index contributed by atoms with van der Waals surface area (Å²) in [6.07, 6.45) is -0.155. The van der Waals surface area contributed by atoms with Crippen molar-refractivity contribution in [2.24, 2.45) is 0 Å². The number of anilines is 1. The quantitative estimate of drug-likeness (QED) is 0.866. The molecule has 0 bridgehead atoms. The molecule has 2 aromatic rings. The van der Waals surface area contributed by atoms with Crippen LogP contribution in [0.2, 0.25) is 0 Å². The Bertz CT molecular complexity index is 695. The highest BCUT2D eigenvalue weighted by atomic mass is 35.5. The molecular formula is C16H20ClN3O3S. The third-order valence-corrected chi connectivity index (χ3v) is 4.47. The molecule has 3 rings (SSSR count). The van der Waals surface area contributed by atoms with Gasteiger partial charge in [0.2, 0.25) is 5.91 Å². The highest BCUT2D eigenvalue weighted by molar-refractivity contribution is 7.14. The van der Waals surface area contributed by atoms with Gasteiger partial charge in [0.25, 0.3) is 0 Å². The maximum absolute atomic E-state index is 12.3. The van der Waals surface area contributed by atoms with Crippen molar-refractivity contribution in [3.63, 3.8) is 0 Å². The largest absolute Gasteiger partial charge is 0.496 e. The van der Waals surface area contributed by atoms with Gasteiger partial charge in [0, 0.05) is 17.5 Å². The molecule has 24 heavy (non-hydrogen) atoms. The number of nitrogens with one attached hydrogen (secondary N) is 2. The normalized spacial score (nSPS) is 20.1. The van der Waals surface area contributed by atoms with Gasteiger partial charge in [-0.3, -0.25) is 4.79 Å². The fraction of sp³-hybridized carbons (Fsp3) is 0.375. The minimum atomic E-state index is -0.359. The van der Waals surface area contributed by atoms with Crippen molar-refractivity contribution >= 4 is 34.8 Å². The first kappa shape index (κ1) is 18.7. The van der Waals surface area contributed by atoms with Crippen molar-refractivity contribution in [1.29, 1.82) is 0 Å². The molecule has 1 amide bonds. The first-order chi connectivity index (χ1) is 11.2. The van der Waals surface area contributed by atoms with Crippen LogP contribution in [0.5, 0.6) is 5.75 Å². The summed E-state index contributed by atoms with van der Waals surface area (Å²) in [6.45, 7) is 3.19. The van der Waals surface area contributed by atoms with Crippen molar-refractivity contribution in [2.75, 3.05) is 25.6 Å². The number of nitrogens with zero attached hydrogens (tertiary/aromatic N) is 1. The fourth-order valence-corrected chi connectivity index (χ4v) is 3.24. The summed E-state index contributed by atoms with van der Waals surface area (Å²) >= 11 is 1.39. The van der Waals surface area contributed by atoms with E-state index in [0.29, 0.717) is 18.3 Å². The Balaban J connectivity index is 0.00000208. The number of thiazole rings is 1. The number of para-hydroxylation sites is 1. The third kappa shape index (κ3) is 4.05. The average Bonchev–Trinajstić information content (AvgIpc) is 3.03. The zero-order valence-corrected chi connectivity index (χ0v) is 15.1. The van der Waals surface area contributed by atoms with E-state index in [0.717, 1.165) is 17.0 Å². The van der Waals surface area contributed by atoms with Crippen LogP contribution in [0.1, 0.15) is 6.92 Å². The zero-order chi connectivity index (χ0) is 16.2. The summed E-state index contributed by atoms with van der Waals surface area (Å²) in [7, 11) is 1.63. The number of amides is 1. The van der Waals surface area contributed by atoms with Crippen LogP contribution in [0.4, 0.5) is 5.13 Å². The summed E-state index contributed by atoms with van der Waals surface area (Å²) in [5, 5.41) is 8.49. The van der Waals surface area contributed by atoms with E-state index >= 15 is 0 Å². The number of ether oxygens (including phenoxy) is 2. The van der Waals surface area contributed by atoms with Crippen molar-refractivity contribution in [1.82, 2.24) is 10.3 Å². The molecule has 2 N–H and O–H groups in total. The van der Waals surface area contributed by atoms with E-state index < -0.39 is 0 Å². The Morgan fingerprint density at radius 3 is 3.00 bits per heavy atom. The number of carbonyl (C=O) groups excluding carboxylic acids is 1. The standard InChI is InChI=1S/C16H19N3O3S.ClH/c1-10-14(17-7-8-22-10)15(20)19-16-18-12(9-23-16)11-5-3-4-6-13(11)21-2;/h3-6,9-10,14,17H,7-8H2,1-2H3,(H,18,19,20);1H/t10-,14+;/m1./s1. The number of hydrogen-bond donors (Lipinski definition) is 2. The molecule has 6 nitrogen and oxygen atoms in total. The number of halogens is 1. The molecule has 1 fully saturated rings. The summed E-state index contributed by atoms with van der Waals surface area (Å²) in [6, 6.07) is 7.31. The monoisotopic (exact) mass is 369 g/mol. The summed E-state index contributed by atoms with van der Waals surface area (Å²) in [5.41, 5.74) is 1.68. The van der Waals surface area contributed by atoms with E-state index in [1.165, 1.54) is 11.3 Å². The Morgan fingerprint density at radius 2 is 2.25 bits per heavy atom. The summed E-state index contributed by atoms with van der Waals surface area (Å²) in [4.78, 5) is 16.8. The summed E-state index contributed by atoms with van der Waals surface area (Å²) in [5.74, 6) is 0.629. The molecular weight excluding hydrogens is 350 g/mol. The smallest absolute Gasteiger partial charge is 0.245 e. The van der Waals surface area contributed by atoms with E-state index in [1.807, 2.05) is 36.6 Å². The van der Waals surface area contributed by atoms with Crippen LogP contribution < -0.4 is 15.4 Å². The van der Waals surface area contributed by atoms with Gasteiger partial charge in [0.15, 0.2) is 5.13 Å². The Morgan fingerprint density at radius 1 is 1.46 bits per heavy atom.